The fraction of sp³-hybridized carbons (Fsp3) is 0.500. The molecule has 0 radical (unpaired) electrons. The van der Waals surface area contributed by atoms with E-state index in [1.807, 2.05) is 6.92 Å². The molecule has 0 spiro atoms. The van der Waals surface area contributed by atoms with E-state index in [2.05, 4.69) is 44.0 Å². The molecule has 60 valence electrons. The van der Waals surface area contributed by atoms with Gasteiger partial charge in [0.1, 0.15) is 0 Å². The van der Waals surface area contributed by atoms with Crippen molar-refractivity contribution in [3.63, 3.8) is 0 Å². The van der Waals surface area contributed by atoms with Crippen molar-refractivity contribution >= 4 is 15.0 Å². The summed E-state index contributed by atoms with van der Waals surface area (Å²) in [7, 11) is 1.73. The van der Waals surface area contributed by atoms with E-state index < -0.39 is 0 Å². The van der Waals surface area contributed by atoms with Gasteiger partial charge in [0.05, 0.1) is 0 Å². The molecule has 1 rings (SSSR count). The molecular weight excluding hydrogens is 218 g/mol. The molecular formula is C6H8N2OV2-2. The summed E-state index contributed by atoms with van der Waals surface area (Å²) in [5, 5.41) is 3.86. The predicted molar refractivity (Wildman–Crippen MR) is 36.7 cm³/mol. The van der Waals surface area contributed by atoms with Gasteiger partial charge in [-0.3, -0.25) is 0 Å². The molecule has 1 fully saturated rings. The summed E-state index contributed by atoms with van der Waals surface area (Å²) in [6.07, 6.45) is 0. The Kier molecular flexibility index (Phi) is 6.10. The molecule has 0 saturated carbocycles. The first-order chi connectivity index (χ1) is 5.13. The first-order valence-corrected chi connectivity index (χ1v) is 4.32. The van der Waals surface area contributed by atoms with Crippen molar-refractivity contribution in [1.29, 1.82) is 0 Å². The van der Waals surface area contributed by atoms with Crippen LogP contribution in [0.2, 0.25) is 0 Å². The van der Waals surface area contributed by atoms with Crippen molar-refractivity contribution in [2.45, 2.75) is 6.92 Å². The van der Waals surface area contributed by atoms with E-state index >= 15 is 0 Å². The topological polar surface area (TPSA) is 34.4 Å². The van der Waals surface area contributed by atoms with Crippen LogP contribution in [-0.2, 0) is 38.8 Å². The Labute approximate surface area is 84.5 Å². The standard InChI is InChI=1S/C4H5N2O.C2H3.2V/c1-6-3-5-2-4(6)7;1-2;;/h3H2,1H3;1H3;;/q2*-1;;. The van der Waals surface area contributed by atoms with Gasteiger partial charge in [0.2, 0.25) is 0 Å². The van der Waals surface area contributed by atoms with Crippen LogP contribution in [0.25, 0.3) is 5.32 Å². The number of hydrogen-bond donors (Lipinski definition) is 0. The van der Waals surface area contributed by atoms with Crippen LogP contribution in [-0.4, -0.2) is 33.6 Å². The number of amides is 1. The third-order valence-corrected chi connectivity index (χ3v) is 1.49. The second kappa shape index (κ2) is 5.92. The van der Waals surface area contributed by atoms with E-state index in [1.165, 1.54) is 0 Å². The zero-order chi connectivity index (χ0) is 8.85. The number of likely N-dealkylation sites (N-methyl/N-ethyl adjacent to an activating group) is 1. The molecule has 0 atom stereocenters. The van der Waals surface area contributed by atoms with Gasteiger partial charge in [-0.05, 0) is 0 Å². The zero-order valence-corrected chi connectivity index (χ0v) is 9.20. The Morgan fingerprint density at radius 2 is 2.18 bits per heavy atom. The zero-order valence-electron chi connectivity index (χ0n) is 6.40. The van der Waals surface area contributed by atoms with Gasteiger partial charge in [0, 0.05) is 0 Å². The van der Waals surface area contributed by atoms with Crippen LogP contribution in [0.1, 0.15) is 6.92 Å². The molecule has 5 heteroatoms. The van der Waals surface area contributed by atoms with Gasteiger partial charge in [-0.15, -0.1) is 0 Å². The van der Waals surface area contributed by atoms with Crippen molar-refractivity contribution in [3.8, 4) is 0 Å². The minimum atomic E-state index is 0.0185. The molecule has 0 aromatic heterocycles. The van der Waals surface area contributed by atoms with Crippen LogP contribution < -0.4 is 0 Å². The predicted octanol–water partition coefficient (Wildman–Crippen LogP) is -0.301. The number of carbonyl (C=O) groups is 1. The van der Waals surface area contributed by atoms with Gasteiger partial charge in [0.15, 0.2) is 0 Å². The summed E-state index contributed by atoms with van der Waals surface area (Å²) >= 11 is 4.37. The summed E-state index contributed by atoms with van der Waals surface area (Å²) in [6, 6.07) is 0. The van der Waals surface area contributed by atoms with Gasteiger partial charge in [-0.1, -0.05) is 0 Å². The third kappa shape index (κ3) is 4.04. The molecule has 1 heterocycles. The Bertz CT molecular complexity index is 181. The number of carbonyl (C=O) groups excluding carboxylic acids is 1. The first kappa shape index (κ1) is 11.3. The maximum atomic E-state index is 10.7. The summed E-state index contributed by atoms with van der Waals surface area (Å²) in [4.78, 5) is 12.2. The van der Waals surface area contributed by atoms with Crippen LogP contribution >= 0.6 is 0 Å². The number of hydrogen-bond acceptors (Lipinski definition) is 1. The third-order valence-electron chi connectivity index (χ3n) is 0.971. The minimum absolute atomic E-state index is 0.0185. The van der Waals surface area contributed by atoms with Crippen LogP contribution in [0.3, 0.4) is 0 Å². The van der Waals surface area contributed by atoms with Crippen LogP contribution in [0.15, 0.2) is 0 Å². The van der Waals surface area contributed by atoms with Crippen molar-refractivity contribution < 1.29 is 38.8 Å². The van der Waals surface area contributed by atoms with Crippen molar-refractivity contribution in [2.24, 2.45) is 0 Å². The van der Waals surface area contributed by atoms with Gasteiger partial charge >= 0.3 is 84.6 Å². The molecule has 11 heavy (non-hydrogen) atoms. The quantitative estimate of drug-likeness (QED) is 0.522. The SMILES string of the molecule is CN1C[N-][C](=[V])C1=O.C[C-]=[V]. The first-order valence-electron chi connectivity index (χ1n) is 2.93. The van der Waals surface area contributed by atoms with E-state index in [1.54, 1.807) is 11.9 Å². The summed E-state index contributed by atoms with van der Waals surface area (Å²) in [5.74, 6) is 0.0185. The van der Waals surface area contributed by atoms with E-state index in [0.29, 0.717) is 11.0 Å². The molecule has 0 bridgehead atoms. The summed E-state index contributed by atoms with van der Waals surface area (Å²) in [6.45, 7) is 2.36. The fourth-order valence-electron chi connectivity index (χ4n) is 0.476. The number of rotatable bonds is 0. The second-order valence-corrected chi connectivity index (χ2v) is 3.21. The molecule has 1 aliphatic rings. The van der Waals surface area contributed by atoms with Crippen molar-refractivity contribution in [1.82, 2.24) is 4.90 Å². The second-order valence-electron chi connectivity index (χ2n) is 1.85. The molecule has 1 aliphatic heterocycles. The average Bonchev–Trinajstić information content (AvgIpc) is 2.22. The summed E-state index contributed by atoms with van der Waals surface area (Å²) < 4.78 is 3.24. The monoisotopic (exact) mass is 226 g/mol. The Balaban J connectivity index is 0.000000292. The molecule has 0 aromatic carbocycles. The summed E-state index contributed by atoms with van der Waals surface area (Å²) in [5.41, 5.74) is 0. The molecule has 0 aromatic rings. The molecule has 0 aliphatic carbocycles. The fourth-order valence-corrected chi connectivity index (χ4v) is 0.841. The Hall–Kier alpha value is 0.339. The van der Waals surface area contributed by atoms with Crippen LogP contribution in [0, 0.1) is 0 Å². The van der Waals surface area contributed by atoms with Crippen molar-refractivity contribution in [2.75, 3.05) is 13.7 Å². The molecule has 0 N–H and O–H groups in total. The molecule has 3 nitrogen and oxygen atoms in total. The molecule has 0 unspecified atom stereocenters. The van der Waals surface area contributed by atoms with Gasteiger partial charge in [0.25, 0.3) is 0 Å². The Morgan fingerprint density at radius 3 is 2.27 bits per heavy atom. The number of nitrogens with zero attached hydrogens (tertiary/aromatic N) is 2. The normalized spacial score (nSPS) is 15.8. The van der Waals surface area contributed by atoms with E-state index in [4.69, 9.17) is 0 Å². The van der Waals surface area contributed by atoms with Crippen LogP contribution in [0.5, 0.6) is 0 Å². The van der Waals surface area contributed by atoms with E-state index in [0.717, 1.165) is 0 Å². The van der Waals surface area contributed by atoms with Gasteiger partial charge in [-0.2, -0.15) is 0 Å². The van der Waals surface area contributed by atoms with Crippen molar-refractivity contribution in [3.05, 3.63) is 5.32 Å². The van der Waals surface area contributed by atoms with Crippen LogP contribution in [0.4, 0.5) is 0 Å². The molecule has 1 amide bonds. The van der Waals surface area contributed by atoms with E-state index in [-0.39, 0.29) is 5.91 Å². The Morgan fingerprint density at radius 1 is 1.73 bits per heavy atom. The average molecular weight is 226 g/mol. The molecule has 1 saturated heterocycles. The van der Waals surface area contributed by atoms with E-state index in [9.17, 15) is 4.79 Å². The maximum absolute atomic E-state index is 10.7. The van der Waals surface area contributed by atoms with Gasteiger partial charge in [-0.25, -0.2) is 0 Å². The van der Waals surface area contributed by atoms with Gasteiger partial charge < -0.3 is 0 Å².